The van der Waals surface area contributed by atoms with Crippen LogP contribution in [0, 0.1) is 0 Å². The summed E-state index contributed by atoms with van der Waals surface area (Å²) in [7, 11) is 0. The van der Waals surface area contributed by atoms with Crippen molar-refractivity contribution in [3.8, 4) is 0 Å². The Morgan fingerprint density at radius 2 is 0.878 bits per heavy atom. The molecule has 1 saturated heterocycles. The molecule has 1 fully saturated rings. The van der Waals surface area contributed by atoms with Crippen LogP contribution in [0.5, 0.6) is 0 Å². The Bertz CT molecular complexity index is 860. The van der Waals surface area contributed by atoms with E-state index in [0.717, 1.165) is 0 Å². The zero-order chi connectivity index (χ0) is 31.4. The zero-order valence-corrected chi connectivity index (χ0v) is 27.0. The highest BCUT2D eigenvalue weighted by Gasteiger charge is 2.28. The van der Waals surface area contributed by atoms with Gasteiger partial charge in [0.05, 0.1) is 13.2 Å². The smallest absolute Gasteiger partial charge is 0.410 e. The third-order valence-electron chi connectivity index (χ3n) is 5.70. The summed E-state index contributed by atoms with van der Waals surface area (Å²) in [4.78, 5) is 58.2. The monoisotopic (exact) mass is 586 g/mol. The Morgan fingerprint density at radius 1 is 0.537 bits per heavy atom. The van der Waals surface area contributed by atoms with Gasteiger partial charge in [0.25, 0.3) is 0 Å². The zero-order valence-electron chi connectivity index (χ0n) is 27.0. The summed E-state index contributed by atoms with van der Waals surface area (Å²) in [5, 5.41) is 0. The molecule has 0 unspecified atom stereocenters. The molecular weight excluding hydrogens is 532 g/mol. The minimum absolute atomic E-state index is 0.0643. The minimum atomic E-state index is -0.689. The van der Waals surface area contributed by atoms with Crippen LogP contribution in [0.3, 0.4) is 0 Å². The highest BCUT2D eigenvalue weighted by molar-refractivity contribution is 5.72. The molecule has 1 aliphatic rings. The average molecular weight is 587 g/mol. The van der Waals surface area contributed by atoms with Crippen molar-refractivity contribution < 1.29 is 38.1 Å². The molecule has 0 radical (unpaired) electrons. The van der Waals surface area contributed by atoms with Crippen molar-refractivity contribution in [2.75, 3.05) is 65.5 Å². The first-order chi connectivity index (χ1) is 18.8. The van der Waals surface area contributed by atoms with Crippen molar-refractivity contribution in [2.45, 2.75) is 98.9 Å². The molecule has 0 aromatic rings. The van der Waals surface area contributed by atoms with E-state index >= 15 is 0 Å². The lowest BCUT2D eigenvalue weighted by molar-refractivity contribution is -0.144. The van der Waals surface area contributed by atoms with E-state index < -0.39 is 35.1 Å². The fourth-order valence-corrected chi connectivity index (χ4v) is 3.96. The van der Waals surface area contributed by atoms with Gasteiger partial charge in [-0.15, -0.1) is 0 Å². The summed E-state index contributed by atoms with van der Waals surface area (Å²) in [6.45, 7) is 21.0. The summed E-state index contributed by atoms with van der Waals surface area (Å²) in [6.07, 6.45) is -0.416. The van der Waals surface area contributed by atoms with E-state index in [1.165, 1.54) is 0 Å². The van der Waals surface area contributed by atoms with Gasteiger partial charge < -0.3 is 33.6 Å². The van der Waals surface area contributed by atoms with E-state index in [2.05, 4.69) is 0 Å². The second-order valence-electron chi connectivity index (χ2n) is 13.2. The molecule has 0 bridgehead atoms. The van der Waals surface area contributed by atoms with E-state index in [1.807, 2.05) is 25.7 Å². The molecule has 0 aromatic heterocycles. The Balaban J connectivity index is 3.24. The predicted molar refractivity (Wildman–Crippen MR) is 156 cm³/mol. The summed E-state index contributed by atoms with van der Waals surface area (Å²) < 4.78 is 22.1. The van der Waals surface area contributed by atoms with Crippen LogP contribution in [-0.4, -0.2) is 126 Å². The maximum atomic E-state index is 13.1. The van der Waals surface area contributed by atoms with Gasteiger partial charge in [-0.05, 0) is 82.1 Å². The topological polar surface area (TPSA) is 118 Å². The largest absolute Gasteiger partial charge is 0.465 e. The first-order valence-electron chi connectivity index (χ1n) is 14.6. The fourth-order valence-electron chi connectivity index (χ4n) is 3.96. The highest BCUT2D eigenvalue weighted by atomic mass is 16.6. The molecule has 3 amide bonds. The summed E-state index contributed by atoms with van der Waals surface area (Å²) in [6, 6.07) is 0. The van der Waals surface area contributed by atoms with Gasteiger partial charge in [0.1, 0.15) is 16.8 Å². The van der Waals surface area contributed by atoms with E-state index in [4.69, 9.17) is 18.9 Å². The van der Waals surface area contributed by atoms with E-state index in [-0.39, 0.29) is 32.2 Å². The van der Waals surface area contributed by atoms with Gasteiger partial charge in [-0.1, -0.05) is 0 Å². The van der Waals surface area contributed by atoms with Crippen LogP contribution in [0.4, 0.5) is 14.4 Å². The van der Waals surface area contributed by atoms with Crippen LogP contribution < -0.4 is 0 Å². The Kier molecular flexibility index (Phi) is 14.2. The molecule has 0 aliphatic carbocycles. The van der Waals surface area contributed by atoms with Gasteiger partial charge in [0, 0.05) is 52.4 Å². The number of ether oxygens (including phenoxy) is 4. The second-order valence-corrected chi connectivity index (χ2v) is 13.2. The number of rotatable bonds is 3. The first-order valence-corrected chi connectivity index (χ1v) is 14.6. The SMILES string of the molecule is CCOC(=O)CN1CCCN(C(=O)OC(C)(C)C)CCN(C(=O)OC(C)(C)C)CCCN(C(=O)OC(C)(C)C)CC1. The number of nitrogens with zero attached hydrogens (tertiary/aromatic N) is 4. The molecule has 12 nitrogen and oxygen atoms in total. The molecule has 41 heavy (non-hydrogen) atoms. The number of amides is 3. The number of esters is 1. The van der Waals surface area contributed by atoms with Gasteiger partial charge in [-0.25, -0.2) is 14.4 Å². The third kappa shape index (κ3) is 16.3. The average Bonchev–Trinajstić information content (AvgIpc) is 2.77. The predicted octanol–water partition coefficient (Wildman–Crippen LogP) is 4.36. The second kappa shape index (κ2) is 16.0. The van der Waals surface area contributed by atoms with Crippen molar-refractivity contribution >= 4 is 24.2 Å². The lowest BCUT2D eigenvalue weighted by atomic mass is 10.2. The van der Waals surface area contributed by atoms with E-state index in [0.29, 0.717) is 52.1 Å². The highest BCUT2D eigenvalue weighted by Crippen LogP contribution is 2.15. The minimum Gasteiger partial charge on any atom is -0.465 e. The van der Waals surface area contributed by atoms with Crippen LogP contribution in [0.1, 0.15) is 82.1 Å². The van der Waals surface area contributed by atoms with Crippen molar-refractivity contribution in [1.82, 2.24) is 19.6 Å². The lowest BCUT2D eigenvalue weighted by Crippen LogP contribution is -2.47. The van der Waals surface area contributed by atoms with Gasteiger partial charge in [-0.2, -0.15) is 0 Å². The number of hydrogen-bond acceptors (Lipinski definition) is 9. The van der Waals surface area contributed by atoms with Gasteiger partial charge in [-0.3, -0.25) is 9.69 Å². The maximum Gasteiger partial charge on any atom is 0.410 e. The Morgan fingerprint density at radius 3 is 1.22 bits per heavy atom. The molecule has 0 aromatic carbocycles. The molecule has 0 N–H and O–H groups in total. The van der Waals surface area contributed by atoms with Gasteiger partial charge in [0.2, 0.25) is 0 Å². The van der Waals surface area contributed by atoms with Crippen LogP contribution in [-0.2, 0) is 23.7 Å². The van der Waals surface area contributed by atoms with Gasteiger partial charge in [0.15, 0.2) is 0 Å². The maximum absolute atomic E-state index is 13.1. The lowest BCUT2D eigenvalue weighted by Gasteiger charge is -2.33. The molecule has 0 spiro atoms. The Labute approximate surface area is 246 Å². The van der Waals surface area contributed by atoms with Gasteiger partial charge >= 0.3 is 24.2 Å². The van der Waals surface area contributed by atoms with Crippen molar-refractivity contribution in [1.29, 1.82) is 0 Å². The molecule has 1 rings (SSSR count). The Hall–Kier alpha value is -2.76. The molecular formula is C29H54N4O8. The fraction of sp³-hybridized carbons (Fsp3) is 0.862. The first kappa shape index (κ1) is 36.3. The normalized spacial score (nSPS) is 17.4. The van der Waals surface area contributed by atoms with Crippen molar-refractivity contribution in [2.24, 2.45) is 0 Å². The molecule has 1 aliphatic heterocycles. The van der Waals surface area contributed by atoms with Crippen LogP contribution >= 0.6 is 0 Å². The van der Waals surface area contributed by atoms with Crippen LogP contribution in [0.2, 0.25) is 0 Å². The number of carbonyl (C=O) groups excluding carboxylic acids is 4. The summed E-state index contributed by atoms with van der Waals surface area (Å²) >= 11 is 0. The van der Waals surface area contributed by atoms with E-state index in [1.54, 1.807) is 63.2 Å². The van der Waals surface area contributed by atoms with Crippen molar-refractivity contribution in [3.05, 3.63) is 0 Å². The molecule has 0 atom stereocenters. The molecule has 238 valence electrons. The standard InChI is InChI=1S/C29H54N4O8/c1-11-38-23(34)22-30-14-12-15-32(25(36)40-28(5,6)7)20-21-33(26(37)41-29(8,9)10)17-13-16-31(19-18-30)24(35)39-27(2,3)4/h11-22H2,1-10H3. The van der Waals surface area contributed by atoms with Crippen molar-refractivity contribution in [3.63, 3.8) is 0 Å². The van der Waals surface area contributed by atoms with Crippen LogP contribution in [0.25, 0.3) is 0 Å². The number of hydrogen-bond donors (Lipinski definition) is 0. The quantitative estimate of drug-likeness (QED) is 0.351. The molecule has 0 saturated carbocycles. The van der Waals surface area contributed by atoms with Crippen LogP contribution in [0.15, 0.2) is 0 Å². The molecule has 1 heterocycles. The van der Waals surface area contributed by atoms with E-state index in [9.17, 15) is 19.2 Å². The third-order valence-corrected chi connectivity index (χ3v) is 5.70. The molecule has 12 heteroatoms. The number of carbonyl (C=O) groups is 4. The summed E-state index contributed by atoms with van der Waals surface area (Å²) in [5.74, 6) is -0.352. The summed E-state index contributed by atoms with van der Waals surface area (Å²) in [5.41, 5.74) is -2.04.